The van der Waals surface area contributed by atoms with Crippen LogP contribution in [-0.2, 0) is 21.4 Å². The van der Waals surface area contributed by atoms with Gasteiger partial charge >= 0.3 is 0 Å². The van der Waals surface area contributed by atoms with Crippen molar-refractivity contribution in [2.75, 3.05) is 32.8 Å². The average molecular weight is 394 g/mol. The summed E-state index contributed by atoms with van der Waals surface area (Å²) in [6.45, 7) is 0.111. The third-order valence-electron chi connectivity index (χ3n) is 3.69. The van der Waals surface area contributed by atoms with Crippen LogP contribution in [0.1, 0.15) is 11.5 Å². The summed E-state index contributed by atoms with van der Waals surface area (Å²) in [4.78, 5) is 12.1. The Morgan fingerprint density at radius 3 is 2.59 bits per heavy atom. The number of hydrogen-bond acceptors (Lipinski definition) is 6. The minimum atomic E-state index is -3.30. The molecule has 0 bridgehead atoms. The lowest BCUT2D eigenvalue weighted by Gasteiger charge is -2.11. The third-order valence-corrected chi connectivity index (χ3v) is 4.95. The fourth-order valence-electron chi connectivity index (χ4n) is 2.15. The van der Waals surface area contributed by atoms with Gasteiger partial charge in [0.05, 0.1) is 32.7 Å². The molecule has 1 heterocycles. The molecule has 0 radical (unpaired) electrons. The summed E-state index contributed by atoms with van der Waals surface area (Å²) in [5.74, 6) is 1.60. The number of carbonyl (C=O) groups is 1. The second-order valence-electron chi connectivity index (χ2n) is 5.71. The van der Waals surface area contributed by atoms with Crippen molar-refractivity contribution in [3.05, 3.63) is 47.9 Å². The first-order valence-electron chi connectivity index (χ1n) is 7.94. The van der Waals surface area contributed by atoms with Gasteiger partial charge < -0.3 is 19.2 Å². The van der Waals surface area contributed by atoms with Gasteiger partial charge in [-0.2, -0.15) is 4.31 Å². The Labute approximate surface area is 158 Å². The van der Waals surface area contributed by atoms with Gasteiger partial charge in [-0.05, 0) is 30.3 Å². The number of benzene rings is 1. The van der Waals surface area contributed by atoms with Crippen molar-refractivity contribution in [2.45, 2.75) is 6.54 Å². The summed E-state index contributed by atoms with van der Waals surface area (Å²) in [5.41, 5.74) is 0.474. The molecule has 1 aromatic heterocycles. The standard InChI is InChI=1S/C18H22N2O6S/c1-20(27(4,22)23)12-15-6-5-13(26-15)8-10-18(21)19-16-11-14(24-2)7-9-17(16)25-3/h5-11H,12H2,1-4H3,(H,19,21)/b10-8+. The van der Waals surface area contributed by atoms with Crippen LogP contribution in [0.3, 0.4) is 0 Å². The van der Waals surface area contributed by atoms with Crippen LogP contribution >= 0.6 is 0 Å². The fourth-order valence-corrected chi connectivity index (χ4v) is 2.51. The van der Waals surface area contributed by atoms with Gasteiger partial charge in [-0.1, -0.05) is 0 Å². The molecule has 1 aromatic carbocycles. The molecule has 1 amide bonds. The van der Waals surface area contributed by atoms with E-state index in [1.54, 1.807) is 30.3 Å². The predicted molar refractivity (Wildman–Crippen MR) is 102 cm³/mol. The number of furan rings is 1. The van der Waals surface area contributed by atoms with Crippen LogP contribution in [0.5, 0.6) is 11.5 Å². The van der Waals surface area contributed by atoms with Gasteiger partial charge in [0.15, 0.2) is 0 Å². The summed E-state index contributed by atoms with van der Waals surface area (Å²) in [7, 11) is 1.20. The zero-order chi connectivity index (χ0) is 20.0. The number of nitrogens with zero attached hydrogens (tertiary/aromatic N) is 1. The van der Waals surface area contributed by atoms with E-state index in [2.05, 4.69) is 5.32 Å². The molecule has 27 heavy (non-hydrogen) atoms. The van der Waals surface area contributed by atoms with E-state index in [-0.39, 0.29) is 12.5 Å². The minimum Gasteiger partial charge on any atom is -0.497 e. The number of sulfonamides is 1. The first kappa shape index (κ1) is 20.5. The molecule has 0 aliphatic heterocycles. The van der Waals surface area contributed by atoms with Crippen LogP contribution < -0.4 is 14.8 Å². The maximum Gasteiger partial charge on any atom is 0.248 e. The lowest BCUT2D eigenvalue weighted by molar-refractivity contribution is -0.111. The van der Waals surface area contributed by atoms with Crippen LogP contribution in [0.2, 0.25) is 0 Å². The van der Waals surface area contributed by atoms with Gasteiger partial charge in [0, 0.05) is 19.2 Å². The highest BCUT2D eigenvalue weighted by atomic mass is 32.2. The topological polar surface area (TPSA) is 98.1 Å². The van der Waals surface area contributed by atoms with Crippen LogP contribution in [0.15, 0.2) is 40.8 Å². The first-order chi connectivity index (χ1) is 12.7. The van der Waals surface area contributed by atoms with Crippen LogP contribution in [0.4, 0.5) is 5.69 Å². The van der Waals surface area contributed by atoms with E-state index < -0.39 is 10.0 Å². The lowest BCUT2D eigenvalue weighted by Crippen LogP contribution is -2.24. The SMILES string of the molecule is COc1ccc(OC)c(NC(=O)/C=C/c2ccc(CN(C)S(C)(=O)=O)o2)c1. The molecule has 2 rings (SSSR count). The molecular formula is C18H22N2O6S. The molecule has 0 aliphatic carbocycles. The molecule has 0 unspecified atom stereocenters. The first-order valence-corrected chi connectivity index (χ1v) is 9.79. The number of amides is 1. The molecule has 146 valence electrons. The van der Waals surface area contributed by atoms with Crippen molar-refractivity contribution in [3.8, 4) is 11.5 Å². The number of hydrogen-bond donors (Lipinski definition) is 1. The largest absolute Gasteiger partial charge is 0.497 e. The quantitative estimate of drug-likeness (QED) is 0.690. The Kier molecular flexibility index (Phi) is 6.65. The van der Waals surface area contributed by atoms with E-state index in [1.807, 2.05) is 0 Å². The van der Waals surface area contributed by atoms with Gasteiger partial charge in [0.1, 0.15) is 23.0 Å². The zero-order valence-electron chi connectivity index (χ0n) is 15.6. The molecule has 0 saturated carbocycles. The van der Waals surface area contributed by atoms with Crippen molar-refractivity contribution in [1.29, 1.82) is 0 Å². The van der Waals surface area contributed by atoms with Crippen LogP contribution in [0.25, 0.3) is 6.08 Å². The highest BCUT2D eigenvalue weighted by molar-refractivity contribution is 7.88. The molecular weight excluding hydrogens is 372 g/mol. The molecule has 2 aromatic rings. The van der Waals surface area contributed by atoms with Gasteiger partial charge in [-0.3, -0.25) is 4.79 Å². The number of nitrogens with one attached hydrogen (secondary N) is 1. The number of anilines is 1. The van der Waals surface area contributed by atoms with Crippen molar-refractivity contribution in [2.24, 2.45) is 0 Å². The molecule has 0 fully saturated rings. The number of rotatable bonds is 8. The van der Waals surface area contributed by atoms with E-state index in [4.69, 9.17) is 13.9 Å². The zero-order valence-corrected chi connectivity index (χ0v) is 16.4. The summed E-state index contributed by atoms with van der Waals surface area (Å²) in [6, 6.07) is 8.37. The van der Waals surface area contributed by atoms with Crippen LogP contribution in [-0.4, -0.2) is 46.2 Å². The third kappa shape index (κ3) is 5.87. The Hall–Kier alpha value is -2.78. The Morgan fingerprint density at radius 1 is 1.22 bits per heavy atom. The van der Waals surface area contributed by atoms with Crippen molar-refractivity contribution < 1.29 is 27.1 Å². The van der Waals surface area contributed by atoms with Gasteiger partial charge in [0.25, 0.3) is 0 Å². The van der Waals surface area contributed by atoms with E-state index in [9.17, 15) is 13.2 Å². The van der Waals surface area contributed by atoms with Crippen molar-refractivity contribution in [3.63, 3.8) is 0 Å². The molecule has 0 atom stereocenters. The van der Waals surface area contributed by atoms with Gasteiger partial charge in [0.2, 0.25) is 15.9 Å². The molecule has 0 spiro atoms. The smallest absolute Gasteiger partial charge is 0.248 e. The molecule has 8 nitrogen and oxygen atoms in total. The number of ether oxygens (including phenoxy) is 2. The normalized spacial score (nSPS) is 11.7. The number of carbonyl (C=O) groups excluding carboxylic acids is 1. The van der Waals surface area contributed by atoms with Gasteiger partial charge in [-0.15, -0.1) is 0 Å². The average Bonchev–Trinajstić information content (AvgIpc) is 3.06. The molecule has 0 saturated heterocycles. The predicted octanol–water partition coefficient (Wildman–Crippen LogP) is 2.34. The second kappa shape index (κ2) is 8.74. The fraction of sp³-hybridized carbons (Fsp3) is 0.278. The Balaban J connectivity index is 2.03. The monoisotopic (exact) mass is 394 g/mol. The second-order valence-corrected chi connectivity index (χ2v) is 7.80. The number of methoxy groups -OCH3 is 2. The Morgan fingerprint density at radius 2 is 1.96 bits per heavy atom. The molecule has 1 N–H and O–H groups in total. The summed E-state index contributed by atoms with van der Waals surface area (Å²) >= 11 is 0. The maximum absolute atomic E-state index is 12.1. The lowest BCUT2D eigenvalue weighted by atomic mass is 10.2. The molecule has 0 aliphatic rings. The van der Waals surface area contributed by atoms with Gasteiger partial charge in [-0.25, -0.2) is 8.42 Å². The summed E-state index contributed by atoms with van der Waals surface area (Å²) in [6.07, 6.45) is 3.92. The van der Waals surface area contributed by atoms with Crippen LogP contribution in [0, 0.1) is 0 Å². The van der Waals surface area contributed by atoms with Crippen molar-refractivity contribution >= 4 is 27.7 Å². The highest BCUT2D eigenvalue weighted by Gasteiger charge is 2.13. The summed E-state index contributed by atoms with van der Waals surface area (Å²) < 4.78 is 39.9. The minimum absolute atomic E-state index is 0.111. The van der Waals surface area contributed by atoms with E-state index >= 15 is 0 Å². The van der Waals surface area contributed by atoms with E-state index in [0.29, 0.717) is 28.7 Å². The van der Waals surface area contributed by atoms with E-state index in [1.165, 1.54) is 37.7 Å². The maximum atomic E-state index is 12.1. The van der Waals surface area contributed by atoms with Crippen molar-refractivity contribution in [1.82, 2.24) is 4.31 Å². The Bertz CT molecular complexity index is 933. The summed E-state index contributed by atoms with van der Waals surface area (Å²) in [5, 5.41) is 2.71. The van der Waals surface area contributed by atoms with E-state index in [0.717, 1.165) is 6.26 Å². The molecule has 9 heteroatoms. The highest BCUT2D eigenvalue weighted by Crippen LogP contribution is 2.28.